The number of nitrogens with zero attached hydrogens (tertiary/aromatic N) is 3. The maximum atomic E-state index is 6.11. The van der Waals surface area contributed by atoms with E-state index in [4.69, 9.17) is 11.6 Å². The van der Waals surface area contributed by atoms with Crippen LogP contribution >= 0.6 is 34.2 Å². The Labute approximate surface area is 131 Å². The van der Waals surface area contributed by atoms with Crippen LogP contribution in [0.2, 0.25) is 5.02 Å². The van der Waals surface area contributed by atoms with Crippen LogP contribution in [0, 0.1) is 3.57 Å². The van der Waals surface area contributed by atoms with Gasteiger partial charge in [0.2, 0.25) is 0 Å². The fourth-order valence-corrected chi connectivity index (χ4v) is 2.90. The molecule has 0 amide bonds. The van der Waals surface area contributed by atoms with Crippen LogP contribution < -0.4 is 5.32 Å². The lowest BCUT2D eigenvalue weighted by Gasteiger charge is -2.19. The third-order valence-corrected chi connectivity index (χ3v) is 4.15. The summed E-state index contributed by atoms with van der Waals surface area (Å²) in [4.78, 5) is 0. The lowest BCUT2D eigenvalue weighted by Crippen LogP contribution is -2.22. The van der Waals surface area contributed by atoms with Crippen LogP contribution in [0.25, 0.3) is 0 Å². The van der Waals surface area contributed by atoms with Crippen LogP contribution in [0.1, 0.15) is 30.6 Å². The van der Waals surface area contributed by atoms with Gasteiger partial charge in [0.05, 0.1) is 17.9 Å². The molecule has 1 aromatic heterocycles. The average Bonchev–Trinajstić information content (AvgIpc) is 2.83. The van der Waals surface area contributed by atoms with Crippen molar-refractivity contribution in [2.24, 2.45) is 0 Å². The molecule has 1 aromatic carbocycles. The van der Waals surface area contributed by atoms with E-state index < -0.39 is 0 Å². The smallest absolute Gasteiger partial charge is 0.0802 e. The Balaban J connectivity index is 2.44. The summed E-state index contributed by atoms with van der Waals surface area (Å²) in [6, 6.07) is 5.97. The van der Waals surface area contributed by atoms with Gasteiger partial charge in [-0.3, -0.25) is 0 Å². The van der Waals surface area contributed by atoms with Crippen LogP contribution in [0.4, 0.5) is 0 Å². The third kappa shape index (κ3) is 3.27. The van der Waals surface area contributed by atoms with E-state index in [1.54, 1.807) is 0 Å². The second kappa shape index (κ2) is 6.67. The van der Waals surface area contributed by atoms with E-state index in [1.165, 1.54) is 3.57 Å². The van der Waals surface area contributed by atoms with E-state index in [-0.39, 0.29) is 6.04 Å². The predicted molar refractivity (Wildman–Crippen MR) is 85.4 cm³/mol. The molecule has 4 nitrogen and oxygen atoms in total. The summed E-state index contributed by atoms with van der Waals surface area (Å²) >= 11 is 8.44. The highest BCUT2D eigenvalue weighted by atomic mass is 127. The lowest BCUT2D eigenvalue weighted by atomic mass is 10.0. The molecule has 1 heterocycles. The van der Waals surface area contributed by atoms with Crippen molar-refractivity contribution in [3.8, 4) is 0 Å². The first-order valence-electron chi connectivity index (χ1n) is 6.18. The van der Waals surface area contributed by atoms with E-state index in [2.05, 4.69) is 45.1 Å². The van der Waals surface area contributed by atoms with Crippen molar-refractivity contribution in [3.05, 3.63) is 44.2 Å². The van der Waals surface area contributed by atoms with Gasteiger partial charge in [0.15, 0.2) is 0 Å². The van der Waals surface area contributed by atoms with Gasteiger partial charge in [0, 0.05) is 15.1 Å². The largest absolute Gasteiger partial charge is 0.308 e. The van der Waals surface area contributed by atoms with E-state index in [0.717, 1.165) is 29.2 Å². The molecule has 0 fully saturated rings. The van der Waals surface area contributed by atoms with Crippen molar-refractivity contribution in [2.75, 3.05) is 7.05 Å². The Morgan fingerprint density at radius 1 is 1.47 bits per heavy atom. The molecule has 1 N–H and O–H groups in total. The van der Waals surface area contributed by atoms with E-state index in [1.807, 2.05) is 36.1 Å². The number of hydrogen-bond acceptors (Lipinski definition) is 3. The third-order valence-electron chi connectivity index (χ3n) is 2.94. The zero-order valence-corrected chi connectivity index (χ0v) is 13.8. The Morgan fingerprint density at radius 3 is 2.95 bits per heavy atom. The minimum Gasteiger partial charge on any atom is -0.308 e. The van der Waals surface area contributed by atoms with Gasteiger partial charge in [-0.2, -0.15) is 0 Å². The molecule has 1 atom stereocenters. The number of aryl methyl sites for hydroxylation is 1. The van der Waals surface area contributed by atoms with Crippen molar-refractivity contribution in [1.29, 1.82) is 0 Å². The minimum absolute atomic E-state index is 0.0483. The highest BCUT2D eigenvalue weighted by molar-refractivity contribution is 14.1. The molecule has 0 spiro atoms. The summed E-state index contributed by atoms with van der Waals surface area (Å²) in [5.41, 5.74) is 2.21. The Kier molecular flexibility index (Phi) is 5.18. The summed E-state index contributed by atoms with van der Waals surface area (Å²) in [5.74, 6) is 0. The quantitative estimate of drug-likeness (QED) is 0.797. The van der Waals surface area contributed by atoms with Gasteiger partial charge in [-0.05, 0) is 59.8 Å². The lowest BCUT2D eigenvalue weighted by molar-refractivity contribution is 0.522. The van der Waals surface area contributed by atoms with Gasteiger partial charge < -0.3 is 5.32 Å². The first kappa shape index (κ1) is 14.7. The maximum Gasteiger partial charge on any atom is 0.0802 e. The topological polar surface area (TPSA) is 42.7 Å². The van der Waals surface area contributed by atoms with Crippen LogP contribution in [0.5, 0.6) is 0 Å². The van der Waals surface area contributed by atoms with Crippen LogP contribution in [0.15, 0.2) is 24.4 Å². The zero-order valence-electron chi connectivity index (χ0n) is 10.9. The Hall–Kier alpha value is -0.660. The second-order valence-corrected chi connectivity index (χ2v) is 5.87. The van der Waals surface area contributed by atoms with Gasteiger partial charge in [0.1, 0.15) is 0 Å². The summed E-state index contributed by atoms with van der Waals surface area (Å²) in [6.07, 6.45) is 2.84. The predicted octanol–water partition coefficient (Wildman–Crippen LogP) is 3.25. The van der Waals surface area contributed by atoms with Crippen molar-refractivity contribution in [2.45, 2.75) is 25.9 Å². The van der Waals surface area contributed by atoms with Gasteiger partial charge in [-0.15, -0.1) is 5.10 Å². The molecule has 0 saturated heterocycles. The summed E-state index contributed by atoms with van der Waals surface area (Å²) in [6.45, 7) is 2.99. The Morgan fingerprint density at radius 2 is 2.26 bits per heavy atom. The molecule has 1 unspecified atom stereocenters. The highest BCUT2D eigenvalue weighted by Gasteiger charge is 2.19. The van der Waals surface area contributed by atoms with E-state index in [9.17, 15) is 0 Å². The molecule has 2 aromatic rings. The van der Waals surface area contributed by atoms with Gasteiger partial charge >= 0.3 is 0 Å². The molecular formula is C13H16ClIN4. The van der Waals surface area contributed by atoms with Gasteiger partial charge in [-0.1, -0.05) is 23.7 Å². The molecule has 0 radical (unpaired) electrons. The number of rotatable bonds is 5. The standard InChI is InChI=1S/C13H16ClIN4/c1-3-6-19-12(8-17-18-19)13(16-2)10-7-9(14)4-5-11(10)15/h4-5,7-8,13,16H,3,6H2,1-2H3. The maximum absolute atomic E-state index is 6.11. The average molecular weight is 391 g/mol. The van der Waals surface area contributed by atoms with Gasteiger partial charge in [-0.25, -0.2) is 4.68 Å². The fraction of sp³-hybridized carbons (Fsp3) is 0.385. The van der Waals surface area contributed by atoms with Crippen molar-refractivity contribution >= 4 is 34.2 Å². The molecule has 0 saturated carbocycles. The molecule has 2 rings (SSSR count). The second-order valence-electron chi connectivity index (χ2n) is 4.27. The fourth-order valence-electron chi connectivity index (χ4n) is 2.07. The molecule has 0 bridgehead atoms. The molecule has 0 aliphatic heterocycles. The number of aromatic nitrogens is 3. The number of halogens is 2. The van der Waals surface area contributed by atoms with E-state index in [0.29, 0.717) is 0 Å². The summed E-state index contributed by atoms with van der Waals surface area (Å²) in [7, 11) is 1.94. The van der Waals surface area contributed by atoms with Crippen molar-refractivity contribution < 1.29 is 0 Å². The monoisotopic (exact) mass is 390 g/mol. The number of hydrogen-bond donors (Lipinski definition) is 1. The molecule has 102 valence electrons. The molecular weight excluding hydrogens is 375 g/mol. The Bertz CT molecular complexity index is 555. The highest BCUT2D eigenvalue weighted by Crippen LogP contribution is 2.28. The number of benzene rings is 1. The minimum atomic E-state index is 0.0483. The van der Waals surface area contributed by atoms with Gasteiger partial charge in [0.25, 0.3) is 0 Å². The summed E-state index contributed by atoms with van der Waals surface area (Å²) < 4.78 is 3.11. The molecule has 6 heteroatoms. The van der Waals surface area contributed by atoms with Crippen LogP contribution in [-0.2, 0) is 6.54 Å². The molecule has 19 heavy (non-hydrogen) atoms. The molecule has 0 aliphatic rings. The SMILES string of the molecule is CCCn1nncc1C(NC)c1cc(Cl)ccc1I. The van der Waals surface area contributed by atoms with Crippen LogP contribution in [0.3, 0.4) is 0 Å². The number of nitrogens with one attached hydrogen (secondary N) is 1. The normalized spacial score (nSPS) is 12.6. The van der Waals surface area contributed by atoms with Crippen molar-refractivity contribution in [1.82, 2.24) is 20.3 Å². The zero-order chi connectivity index (χ0) is 13.8. The molecule has 0 aliphatic carbocycles. The first-order valence-corrected chi connectivity index (χ1v) is 7.63. The first-order chi connectivity index (χ1) is 9.17. The van der Waals surface area contributed by atoms with Crippen molar-refractivity contribution in [3.63, 3.8) is 0 Å². The van der Waals surface area contributed by atoms with E-state index >= 15 is 0 Å². The van der Waals surface area contributed by atoms with Crippen LogP contribution in [-0.4, -0.2) is 22.0 Å². The summed E-state index contributed by atoms with van der Waals surface area (Å²) in [5, 5.41) is 12.2.